The van der Waals surface area contributed by atoms with Crippen LogP contribution in [-0.2, 0) is 0 Å². The number of amides is 1. The second kappa shape index (κ2) is 7.69. The van der Waals surface area contributed by atoms with Crippen LogP contribution in [0.3, 0.4) is 0 Å². The van der Waals surface area contributed by atoms with E-state index in [1.165, 1.54) is 12.8 Å². The van der Waals surface area contributed by atoms with Gasteiger partial charge in [-0.1, -0.05) is 25.4 Å². The van der Waals surface area contributed by atoms with Crippen molar-refractivity contribution in [1.82, 2.24) is 4.90 Å². The molecule has 1 aromatic rings. The lowest BCUT2D eigenvalue weighted by Gasteiger charge is -2.23. The zero-order valence-corrected chi connectivity index (χ0v) is 13.7. The number of benzene rings is 1. The number of hydrogen-bond donors (Lipinski definition) is 1. The number of carbonyl (C=O) groups is 1. The Bertz CT molecular complexity index is 486. The molecule has 0 radical (unpaired) electrons. The second-order valence-corrected chi connectivity index (χ2v) is 6.25. The van der Waals surface area contributed by atoms with Crippen LogP contribution in [-0.4, -0.2) is 30.4 Å². The molecule has 0 aliphatic heterocycles. The molecule has 0 aromatic heterocycles. The van der Waals surface area contributed by atoms with Crippen LogP contribution in [0.5, 0.6) is 0 Å². The molecule has 1 amide bonds. The van der Waals surface area contributed by atoms with Crippen LogP contribution >= 0.6 is 11.6 Å². The van der Waals surface area contributed by atoms with Gasteiger partial charge in [0.25, 0.3) is 5.91 Å². The molecule has 1 aliphatic rings. The monoisotopic (exact) mass is 308 g/mol. The number of carbonyl (C=O) groups excluding carboxylic acids is 1. The molecule has 0 spiro atoms. The van der Waals surface area contributed by atoms with E-state index in [1.807, 2.05) is 17.0 Å². The van der Waals surface area contributed by atoms with Crippen molar-refractivity contribution in [3.05, 3.63) is 28.8 Å². The fourth-order valence-corrected chi connectivity index (χ4v) is 2.61. The highest BCUT2D eigenvalue weighted by Crippen LogP contribution is 2.31. The Hall–Kier alpha value is -1.22. The second-order valence-electron chi connectivity index (χ2n) is 5.81. The van der Waals surface area contributed by atoms with Gasteiger partial charge in [0.15, 0.2) is 0 Å². The Morgan fingerprint density at radius 2 is 2.10 bits per heavy atom. The molecule has 1 aliphatic carbocycles. The Morgan fingerprint density at radius 3 is 2.71 bits per heavy atom. The van der Waals surface area contributed by atoms with Crippen molar-refractivity contribution < 1.29 is 4.79 Å². The summed E-state index contributed by atoms with van der Waals surface area (Å²) in [5, 5.41) is 3.94. The van der Waals surface area contributed by atoms with Crippen molar-refractivity contribution in [3.8, 4) is 0 Å². The molecule has 0 atom stereocenters. The van der Waals surface area contributed by atoms with E-state index in [0.29, 0.717) is 16.5 Å². The minimum absolute atomic E-state index is 0.102. The summed E-state index contributed by atoms with van der Waals surface area (Å²) < 4.78 is 0. The highest BCUT2D eigenvalue weighted by Gasteiger charge is 2.27. The van der Waals surface area contributed by atoms with Crippen LogP contribution in [0.4, 0.5) is 5.69 Å². The summed E-state index contributed by atoms with van der Waals surface area (Å²) in [5.74, 6) is 0.802. The van der Waals surface area contributed by atoms with E-state index in [2.05, 4.69) is 19.2 Å². The van der Waals surface area contributed by atoms with E-state index < -0.39 is 0 Å². The third-order valence-corrected chi connectivity index (χ3v) is 3.97. The molecule has 0 heterocycles. The minimum atomic E-state index is 0.102. The lowest BCUT2D eigenvalue weighted by Crippen LogP contribution is -2.34. The Kier molecular flexibility index (Phi) is 5.92. The lowest BCUT2D eigenvalue weighted by atomic mass is 10.1. The van der Waals surface area contributed by atoms with E-state index in [0.717, 1.165) is 38.2 Å². The van der Waals surface area contributed by atoms with Gasteiger partial charge in [-0.05, 0) is 49.8 Å². The van der Waals surface area contributed by atoms with E-state index >= 15 is 0 Å². The molecule has 0 saturated heterocycles. The fourth-order valence-electron chi connectivity index (χ4n) is 2.44. The molecule has 116 valence electrons. The highest BCUT2D eigenvalue weighted by molar-refractivity contribution is 6.31. The van der Waals surface area contributed by atoms with Gasteiger partial charge >= 0.3 is 0 Å². The third kappa shape index (κ3) is 4.63. The largest absolute Gasteiger partial charge is 0.384 e. The van der Waals surface area contributed by atoms with Crippen molar-refractivity contribution in [3.63, 3.8) is 0 Å². The molecule has 1 N–H and O–H groups in total. The van der Waals surface area contributed by atoms with Gasteiger partial charge in [-0.3, -0.25) is 4.79 Å². The van der Waals surface area contributed by atoms with Gasteiger partial charge < -0.3 is 10.2 Å². The Balaban J connectivity index is 2.19. The van der Waals surface area contributed by atoms with E-state index in [-0.39, 0.29) is 5.91 Å². The van der Waals surface area contributed by atoms with E-state index in [4.69, 9.17) is 11.6 Å². The zero-order chi connectivity index (χ0) is 15.2. The van der Waals surface area contributed by atoms with Gasteiger partial charge in [0.1, 0.15) is 0 Å². The predicted molar refractivity (Wildman–Crippen MR) is 89.2 cm³/mol. The molecule has 1 fully saturated rings. The first-order valence-electron chi connectivity index (χ1n) is 7.98. The average Bonchev–Trinajstić information content (AvgIpc) is 3.29. The van der Waals surface area contributed by atoms with Crippen molar-refractivity contribution >= 4 is 23.2 Å². The van der Waals surface area contributed by atoms with Gasteiger partial charge in [-0.25, -0.2) is 0 Å². The molecule has 1 aromatic carbocycles. The van der Waals surface area contributed by atoms with Gasteiger partial charge in [-0.2, -0.15) is 0 Å². The predicted octanol–water partition coefficient (Wildman–Crippen LogP) is 4.42. The van der Waals surface area contributed by atoms with Crippen molar-refractivity contribution in [2.24, 2.45) is 5.92 Å². The lowest BCUT2D eigenvalue weighted by molar-refractivity contribution is 0.0748. The van der Waals surface area contributed by atoms with Gasteiger partial charge in [0, 0.05) is 30.3 Å². The SMILES string of the molecule is CCCNc1ccc(Cl)cc1C(=O)N(CCC)CC1CC1. The van der Waals surface area contributed by atoms with E-state index in [1.54, 1.807) is 6.07 Å². The first-order chi connectivity index (χ1) is 10.2. The molecule has 21 heavy (non-hydrogen) atoms. The topological polar surface area (TPSA) is 32.3 Å². The number of halogens is 1. The van der Waals surface area contributed by atoms with Crippen molar-refractivity contribution in [1.29, 1.82) is 0 Å². The zero-order valence-electron chi connectivity index (χ0n) is 13.0. The first kappa shape index (κ1) is 16.2. The summed E-state index contributed by atoms with van der Waals surface area (Å²) in [6.07, 6.45) is 4.52. The van der Waals surface area contributed by atoms with Crippen LogP contribution in [0, 0.1) is 5.92 Å². The molecule has 0 bridgehead atoms. The summed E-state index contributed by atoms with van der Waals surface area (Å²) in [6, 6.07) is 5.53. The van der Waals surface area contributed by atoms with Crippen molar-refractivity contribution in [2.75, 3.05) is 25.0 Å². The van der Waals surface area contributed by atoms with Gasteiger partial charge in [0.2, 0.25) is 0 Å². The normalized spacial score (nSPS) is 14.0. The summed E-state index contributed by atoms with van der Waals surface area (Å²) in [6.45, 7) is 6.78. The maximum Gasteiger partial charge on any atom is 0.256 e. The molecule has 1 saturated carbocycles. The smallest absolute Gasteiger partial charge is 0.256 e. The quantitative estimate of drug-likeness (QED) is 0.771. The molecule has 0 unspecified atom stereocenters. The number of rotatable bonds is 8. The first-order valence-corrected chi connectivity index (χ1v) is 8.36. The number of hydrogen-bond acceptors (Lipinski definition) is 2. The maximum absolute atomic E-state index is 12.9. The fraction of sp³-hybridized carbons (Fsp3) is 0.588. The number of nitrogens with one attached hydrogen (secondary N) is 1. The molecular formula is C17H25ClN2O. The summed E-state index contributed by atoms with van der Waals surface area (Å²) in [5.41, 5.74) is 1.59. The third-order valence-electron chi connectivity index (χ3n) is 3.73. The van der Waals surface area contributed by atoms with E-state index in [9.17, 15) is 4.79 Å². The van der Waals surface area contributed by atoms with Crippen LogP contribution < -0.4 is 5.32 Å². The van der Waals surface area contributed by atoms with Crippen LogP contribution in [0.2, 0.25) is 5.02 Å². The summed E-state index contributed by atoms with van der Waals surface area (Å²) in [7, 11) is 0. The van der Waals surface area contributed by atoms with Crippen LogP contribution in [0.25, 0.3) is 0 Å². The molecule has 2 rings (SSSR count). The average molecular weight is 309 g/mol. The highest BCUT2D eigenvalue weighted by atomic mass is 35.5. The Labute approximate surface area is 132 Å². The maximum atomic E-state index is 12.9. The Morgan fingerprint density at radius 1 is 1.33 bits per heavy atom. The van der Waals surface area contributed by atoms with Gasteiger partial charge in [-0.15, -0.1) is 0 Å². The van der Waals surface area contributed by atoms with Gasteiger partial charge in [0.05, 0.1) is 5.56 Å². The number of nitrogens with zero attached hydrogens (tertiary/aromatic N) is 1. The number of anilines is 1. The minimum Gasteiger partial charge on any atom is -0.384 e. The standard InChI is InChI=1S/C17H25ClN2O/c1-3-9-19-16-8-7-14(18)11-15(16)17(21)20(10-4-2)12-13-5-6-13/h7-8,11,13,19H,3-6,9-10,12H2,1-2H3. The van der Waals surface area contributed by atoms with Crippen LogP contribution in [0.15, 0.2) is 18.2 Å². The van der Waals surface area contributed by atoms with Crippen molar-refractivity contribution in [2.45, 2.75) is 39.5 Å². The molecular weight excluding hydrogens is 284 g/mol. The summed E-state index contributed by atoms with van der Waals surface area (Å²) >= 11 is 6.10. The van der Waals surface area contributed by atoms with Crippen LogP contribution in [0.1, 0.15) is 49.9 Å². The summed E-state index contributed by atoms with van der Waals surface area (Å²) in [4.78, 5) is 14.8. The molecule has 4 heteroatoms. The molecule has 3 nitrogen and oxygen atoms in total.